The smallest absolute Gasteiger partial charge is 0.490 e. The van der Waals surface area contributed by atoms with E-state index in [1.807, 2.05) is 12.1 Å². The number of nitriles is 2. The van der Waals surface area contributed by atoms with Crippen LogP contribution in [0.4, 0.5) is 19.0 Å². The summed E-state index contributed by atoms with van der Waals surface area (Å²) in [5.41, 5.74) is 7.50. The minimum Gasteiger partial charge on any atom is -0.490 e. The summed E-state index contributed by atoms with van der Waals surface area (Å²) in [6.07, 6.45) is -0.133. The lowest BCUT2D eigenvalue weighted by atomic mass is 10.0. The molecule has 0 spiro atoms. The molecule has 0 saturated heterocycles. The second-order valence-electron chi connectivity index (χ2n) is 6.32. The van der Waals surface area contributed by atoms with Crippen molar-refractivity contribution in [3.63, 3.8) is 0 Å². The molecule has 3 aromatic rings. The van der Waals surface area contributed by atoms with Gasteiger partial charge in [0.15, 0.2) is 0 Å². The van der Waals surface area contributed by atoms with Gasteiger partial charge in [0.05, 0.1) is 24.1 Å². The Kier molecular flexibility index (Phi) is 7.66. The first kappa shape index (κ1) is 23.8. The maximum Gasteiger partial charge on any atom is 0.522 e. The molecule has 2 N–H and O–H groups in total. The lowest BCUT2D eigenvalue weighted by Gasteiger charge is -2.13. The lowest BCUT2D eigenvalue weighted by molar-refractivity contribution is -0.325. The summed E-state index contributed by atoms with van der Waals surface area (Å²) >= 11 is 1.26. The Labute approximate surface area is 190 Å². The van der Waals surface area contributed by atoms with Crippen molar-refractivity contribution < 1.29 is 22.6 Å². The Balaban J connectivity index is 1.86. The van der Waals surface area contributed by atoms with Crippen molar-refractivity contribution >= 4 is 17.6 Å². The molecular formula is C21H15F3N6O2S. The number of nitrogens with two attached hydrogens (primary N) is 1. The minimum absolute atomic E-state index is 0.00276. The Morgan fingerprint density at radius 2 is 1.85 bits per heavy atom. The number of nitrogen functional groups attached to an aromatic ring is 1. The van der Waals surface area contributed by atoms with Gasteiger partial charge in [-0.25, -0.2) is 4.98 Å². The molecule has 0 aromatic carbocycles. The van der Waals surface area contributed by atoms with Crippen LogP contribution < -0.4 is 10.5 Å². The summed E-state index contributed by atoms with van der Waals surface area (Å²) in [5.74, 6) is 0.613. The van der Waals surface area contributed by atoms with Crippen LogP contribution in [0.5, 0.6) is 5.75 Å². The molecular weight excluding hydrogens is 457 g/mol. The van der Waals surface area contributed by atoms with Gasteiger partial charge in [-0.05, 0) is 23.8 Å². The van der Waals surface area contributed by atoms with Crippen LogP contribution in [0.3, 0.4) is 0 Å². The number of alkyl halides is 3. The van der Waals surface area contributed by atoms with E-state index in [2.05, 4.69) is 25.8 Å². The van der Waals surface area contributed by atoms with Crippen LogP contribution in [-0.4, -0.2) is 34.5 Å². The van der Waals surface area contributed by atoms with E-state index in [9.17, 15) is 23.7 Å². The van der Waals surface area contributed by atoms with Gasteiger partial charge in [0.2, 0.25) is 0 Å². The van der Waals surface area contributed by atoms with Gasteiger partial charge in [0.1, 0.15) is 40.9 Å². The number of ether oxygens (including phenoxy) is 2. The van der Waals surface area contributed by atoms with Crippen LogP contribution in [0.15, 0.2) is 47.9 Å². The first-order chi connectivity index (χ1) is 15.8. The molecule has 0 radical (unpaired) electrons. The number of anilines is 1. The first-order valence-electron chi connectivity index (χ1n) is 9.27. The lowest BCUT2D eigenvalue weighted by Crippen LogP contribution is -2.18. The maximum absolute atomic E-state index is 12.0. The van der Waals surface area contributed by atoms with Gasteiger partial charge in [-0.2, -0.15) is 10.5 Å². The number of thioether (sulfide) groups is 1. The van der Waals surface area contributed by atoms with Gasteiger partial charge in [0.25, 0.3) is 0 Å². The van der Waals surface area contributed by atoms with E-state index in [1.54, 1.807) is 18.5 Å². The average Bonchev–Trinajstić information content (AvgIpc) is 2.80. The molecule has 0 bridgehead atoms. The molecule has 3 heterocycles. The van der Waals surface area contributed by atoms with E-state index >= 15 is 0 Å². The summed E-state index contributed by atoms with van der Waals surface area (Å²) in [6.45, 7) is -1.02. The van der Waals surface area contributed by atoms with Crippen LogP contribution in [-0.2, 0) is 10.5 Å². The summed E-state index contributed by atoms with van der Waals surface area (Å²) in [6, 6.07) is 10.6. The molecule has 0 amide bonds. The number of halogens is 3. The predicted molar refractivity (Wildman–Crippen MR) is 113 cm³/mol. The quantitative estimate of drug-likeness (QED) is 0.381. The van der Waals surface area contributed by atoms with Crippen LogP contribution in [0.1, 0.15) is 16.7 Å². The molecule has 168 valence electrons. The molecule has 8 nitrogen and oxygen atoms in total. The monoisotopic (exact) mass is 472 g/mol. The molecule has 33 heavy (non-hydrogen) atoms. The molecule has 3 rings (SSSR count). The highest BCUT2D eigenvalue weighted by atomic mass is 32.2. The third-order valence-electron chi connectivity index (χ3n) is 4.12. The van der Waals surface area contributed by atoms with Gasteiger partial charge >= 0.3 is 6.36 Å². The fourth-order valence-electron chi connectivity index (χ4n) is 2.72. The molecule has 0 unspecified atom stereocenters. The van der Waals surface area contributed by atoms with E-state index in [1.165, 1.54) is 30.1 Å². The van der Waals surface area contributed by atoms with Gasteiger partial charge in [0, 0.05) is 23.7 Å². The second kappa shape index (κ2) is 10.6. The van der Waals surface area contributed by atoms with Crippen molar-refractivity contribution in [1.29, 1.82) is 10.5 Å². The molecule has 0 fully saturated rings. The average molecular weight is 472 g/mol. The third kappa shape index (κ3) is 6.32. The summed E-state index contributed by atoms with van der Waals surface area (Å²) in [5, 5.41) is 19.7. The largest absolute Gasteiger partial charge is 0.522 e. The third-order valence-corrected chi connectivity index (χ3v) is 5.17. The highest BCUT2D eigenvalue weighted by Gasteiger charge is 2.28. The van der Waals surface area contributed by atoms with Crippen molar-refractivity contribution in [3.8, 4) is 29.1 Å². The van der Waals surface area contributed by atoms with Crippen molar-refractivity contribution in [1.82, 2.24) is 15.0 Å². The Hall–Kier alpha value is -3.87. The van der Waals surface area contributed by atoms with E-state index in [0.717, 1.165) is 5.56 Å². The van der Waals surface area contributed by atoms with E-state index in [-0.39, 0.29) is 40.6 Å². The van der Waals surface area contributed by atoms with E-state index < -0.39 is 13.0 Å². The van der Waals surface area contributed by atoms with Gasteiger partial charge in [-0.15, -0.1) is 24.9 Å². The molecule has 0 aliphatic heterocycles. The standard InChI is InChI=1S/C21H15F3N6O2S/c22-21(23,24)32-7-6-31-14-3-4-17(29-11-14)18-15(8-25)19(27)30-20(16(18)9-26)33-12-13-2-1-5-28-10-13/h1-5,10-11H,6-7,12H2,(H2,27,30). The zero-order valence-electron chi connectivity index (χ0n) is 16.8. The molecule has 0 aliphatic rings. The fraction of sp³-hybridized carbons (Fsp3) is 0.190. The molecule has 0 saturated carbocycles. The zero-order valence-corrected chi connectivity index (χ0v) is 17.7. The van der Waals surface area contributed by atoms with Gasteiger partial charge in [-0.1, -0.05) is 6.07 Å². The van der Waals surface area contributed by atoms with Crippen LogP contribution in [0.2, 0.25) is 0 Å². The normalized spacial score (nSPS) is 10.9. The maximum atomic E-state index is 12.0. The van der Waals surface area contributed by atoms with Crippen LogP contribution >= 0.6 is 11.8 Å². The van der Waals surface area contributed by atoms with Gasteiger partial charge in [-0.3, -0.25) is 14.7 Å². The SMILES string of the molecule is N#Cc1c(N)nc(SCc2cccnc2)c(C#N)c1-c1ccc(OCCOC(F)(F)F)cn1. The van der Waals surface area contributed by atoms with Crippen LogP contribution in [0.25, 0.3) is 11.3 Å². The zero-order chi connectivity index (χ0) is 23.8. The molecule has 0 atom stereocenters. The van der Waals surface area contributed by atoms with Crippen molar-refractivity contribution in [2.75, 3.05) is 18.9 Å². The van der Waals surface area contributed by atoms with Crippen molar-refractivity contribution in [2.45, 2.75) is 17.1 Å². The topological polar surface area (TPSA) is 131 Å². The molecule has 3 aromatic heterocycles. The number of pyridine rings is 3. The second-order valence-corrected chi connectivity index (χ2v) is 7.29. The fourth-order valence-corrected chi connectivity index (χ4v) is 3.65. The van der Waals surface area contributed by atoms with Crippen LogP contribution in [0, 0.1) is 22.7 Å². The predicted octanol–water partition coefficient (Wildman–Crippen LogP) is 4.07. The number of aromatic nitrogens is 3. The number of hydrogen-bond donors (Lipinski definition) is 1. The van der Waals surface area contributed by atoms with E-state index in [4.69, 9.17) is 10.5 Å². The Morgan fingerprint density at radius 1 is 1.06 bits per heavy atom. The van der Waals surface area contributed by atoms with Crippen molar-refractivity contribution in [2.24, 2.45) is 0 Å². The van der Waals surface area contributed by atoms with E-state index in [0.29, 0.717) is 10.8 Å². The molecule has 12 heteroatoms. The summed E-state index contributed by atoms with van der Waals surface area (Å²) < 4.78 is 44.9. The molecule has 0 aliphatic carbocycles. The Bertz CT molecular complexity index is 1190. The van der Waals surface area contributed by atoms with Crippen molar-refractivity contribution in [3.05, 3.63) is 59.5 Å². The highest BCUT2D eigenvalue weighted by Crippen LogP contribution is 2.36. The number of hydrogen-bond acceptors (Lipinski definition) is 9. The summed E-state index contributed by atoms with van der Waals surface area (Å²) in [7, 11) is 0. The number of rotatable bonds is 8. The summed E-state index contributed by atoms with van der Waals surface area (Å²) in [4.78, 5) is 12.5. The minimum atomic E-state index is -4.74. The first-order valence-corrected chi connectivity index (χ1v) is 10.3. The Morgan fingerprint density at radius 3 is 2.45 bits per heavy atom. The number of nitrogens with zero attached hydrogens (tertiary/aromatic N) is 5. The highest BCUT2D eigenvalue weighted by molar-refractivity contribution is 7.98. The van der Waals surface area contributed by atoms with Gasteiger partial charge < -0.3 is 10.5 Å².